The van der Waals surface area contributed by atoms with Crippen LogP contribution in [0.15, 0.2) is 40.9 Å². The maximum atomic E-state index is 12.6. The average molecular weight is 328 g/mol. The van der Waals surface area contributed by atoms with Crippen LogP contribution in [-0.2, 0) is 4.79 Å². The molecular weight excluding hydrogens is 304 g/mol. The highest BCUT2D eigenvalue weighted by Gasteiger charge is 2.28. The first-order valence-corrected chi connectivity index (χ1v) is 8.45. The van der Waals surface area contributed by atoms with E-state index in [1.807, 2.05) is 19.9 Å². The van der Waals surface area contributed by atoms with Crippen molar-refractivity contribution in [3.05, 3.63) is 42.2 Å². The molecule has 0 unspecified atom stereocenters. The second-order valence-electron chi connectivity index (χ2n) is 6.09. The van der Waals surface area contributed by atoms with Crippen LogP contribution >= 0.6 is 0 Å². The molecule has 1 atom stereocenters. The maximum Gasteiger partial charge on any atom is 0.242 e. The number of benzene rings is 1. The van der Waals surface area contributed by atoms with Gasteiger partial charge in [0.15, 0.2) is 5.82 Å². The van der Waals surface area contributed by atoms with Crippen molar-refractivity contribution in [2.45, 2.75) is 26.3 Å². The van der Waals surface area contributed by atoms with Gasteiger partial charge in [-0.15, -0.1) is 0 Å². The predicted molar refractivity (Wildman–Crippen MR) is 94.2 cm³/mol. The SMILES string of the molecule is CC[C@@H](C(=O)Nc1cc(C)on1)N1CCN(c2ccccc2)CC1. The largest absolute Gasteiger partial charge is 0.369 e. The lowest BCUT2D eigenvalue weighted by Crippen LogP contribution is -2.53. The quantitative estimate of drug-likeness (QED) is 0.914. The number of hydrogen-bond donors (Lipinski definition) is 1. The molecule has 2 aromatic rings. The van der Waals surface area contributed by atoms with Crippen molar-refractivity contribution in [1.82, 2.24) is 10.1 Å². The van der Waals surface area contributed by atoms with Gasteiger partial charge in [-0.05, 0) is 25.5 Å². The van der Waals surface area contributed by atoms with Crippen molar-refractivity contribution >= 4 is 17.4 Å². The smallest absolute Gasteiger partial charge is 0.242 e. The molecule has 0 aliphatic carbocycles. The Morgan fingerprint density at radius 1 is 1.25 bits per heavy atom. The number of para-hydroxylation sites is 1. The van der Waals surface area contributed by atoms with Crippen molar-refractivity contribution in [2.75, 3.05) is 36.4 Å². The third kappa shape index (κ3) is 3.76. The molecule has 1 aromatic carbocycles. The molecule has 1 amide bonds. The van der Waals surface area contributed by atoms with Gasteiger partial charge in [-0.25, -0.2) is 0 Å². The molecule has 1 saturated heterocycles. The monoisotopic (exact) mass is 328 g/mol. The summed E-state index contributed by atoms with van der Waals surface area (Å²) >= 11 is 0. The van der Waals surface area contributed by atoms with Gasteiger partial charge in [0, 0.05) is 37.9 Å². The van der Waals surface area contributed by atoms with Crippen LogP contribution in [0.5, 0.6) is 0 Å². The highest BCUT2D eigenvalue weighted by molar-refractivity contribution is 5.94. The summed E-state index contributed by atoms with van der Waals surface area (Å²) in [5.41, 5.74) is 1.24. The van der Waals surface area contributed by atoms with Gasteiger partial charge in [0.25, 0.3) is 0 Å². The van der Waals surface area contributed by atoms with Crippen molar-refractivity contribution in [2.24, 2.45) is 0 Å². The maximum absolute atomic E-state index is 12.6. The molecule has 1 aliphatic heterocycles. The Bertz CT molecular complexity index is 663. The minimum atomic E-state index is -0.139. The number of hydrogen-bond acceptors (Lipinski definition) is 5. The Hall–Kier alpha value is -2.34. The molecule has 0 radical (unpaired) electrons. The molecule has 0 saturated carbocycles. The Morgan fingerprint density at radius 3 is 2.54 bits per heavy atom. The van der Waals surface area contributed by atoms with Gasteiger partial charge in [0.2, 0.25) is 5.91 Å². The molecule has 6 nitrogen and oxygen atoms in total. The van der Waals surface area contributed by atoms with Crippen LogP contribution < -0.4 is 10.2 Å². The van der Waals surface area contributed by atoms with Crippen molar-refractivity contribution in [3.63, 3.8) is 0 Å². The fourth-order valence-electron chi connectivity index (χ4n) is 3.17. The number of anilines is 2. The van der Waals surface area contributed by atoms with Crippen LogP contribution in [0.2, 0.25) is 0 Å². The third-order valence-electron chi connectivity index (χ3n) is 4.44. The molecule has 24 heavy (non-hydrogen) atoms. The first-order valence-electron chi connectivity index (χ1n) is 8.45. The molecule has 128 valence electrons. The van der Waals surface area contributed by atoms with Gasteiger partial charge in [-0.3, -0.25) is 9.69 Å². The molecule has 0 spiro atoms. The van der Waals surface area contributed by atoms with Gasteiger partial charge in [-0.2, -0.15) is 0 Å². The molecule has 1 aliphatic rings. The van der Waals surface area contributed by atoms with Gasteiger partial charge >= 0.3 is 0 Å². The summed E-state index contributed by atoms with van der Waals surface area (Å²) in [5, 5.41) is 6.69. The van der Waals surface area contributed by atoms with Crippen LogP contribution in [0.3, 0.4) is 0 Å². The van der Waals surface area contributed by atoms with E-state index in [-0.39, 0.29) is 11.9 Å². The summed E-state index contributed by atoms with van der Waals surface area (Å²) in [6, 6.07) is 12.0. The van der Waals surface area contributed by atoms with Gasteiger partial charge in [0.1, 0.15) is 5.76 Å². The Morgan fingerprint density at radius 2 is 1.96 bits per heavy atom. The van der Waals surface area contributed by atoms with E-state index >= 15 is 0 Å². The van der Waals surface area contributed by atoms with Crippen LogP contribution in [-0.4, -0.2) is 48.2 Å². The summed E-state index contributed by atoms with van der Waals surface area (Å²) in [6.45, 7) is 7.45. The van der Waals surface area contributed by atoms with E-state index in [0.717, 1.165) is 32.6 Å². The number of rotatable bonds is 5. The average Bonchev–Trinajstić information content (AvgIpc) is 3.02. The molecule has 1 N–H and O–H groups in total. The van der Waals surface area contributed by atoms with E-state index in [1.54, 1.807) is 6.07 Å². The van der Waals surface area contributed by atoms with Crippen LogP contribution in [0.4, 0.5) is 11.5 Å². The first kappa shape index (κ1) is 16.5. The van der Waals surface area contributed by atoms with Crippen molar-refractivity contribution < 1.29 is 9.32 Å². The first-order chi connectivity index (χ1) is 11.7. The Kier molecular flexibility index (Phi) is 5.15. The summed E-state index contributed by atoms with van der Waals surface area (Å²) in [6.07, 6.45) is 0.772. The number of nitrogens with one attached hydrogen (secondary N) is 1. The molecule has 6 heteroatoms. The van der Waals surface area contributed by atoms with Gasteiger partial charge in [-0.1, -0.05) is 30.3 Å². The topological polar surface area (TPSA) is 61.6 Å². The second-order valence-corrected chi connectivity index (χ2v) is 6.09. The van der Waals surface area contributed by atoms with E-state index in [1.165, 1.54) is 5.69 Å². The molecule has 1 fully saturated rings. The zero-order chi connectivity index (χ0) is 16.9. The van der Waals surface area contributed by atoms with E-state index in [0.29, 0.717) is 11.6 Å². The molecule has 2 heterocycles. The van der Waals surface area contributed by atoms with E-state index in [2.05, 4.69) is 44.5 Å². The number of carbonyl (C=O) groups is 1. The number of nitrogens with zero attached hydrogens (tertiary/aromatic N) is 3. The third-order valence-corrected chi connectivity index (χ3v) is 4.44. The van der Waals surface area contributed by atoms with E-state index in [4.69, 9.17) is 4.52 Å². The Balaban J connectivity index is 1.58. The lowest BCUT2D eigenvalue weighted by molar-refractivity contribution is -0.121. The lowest BCUT2D eigenvalue weighted by atomic mass is 10.1. The lowest BCUT2D eigenvalue weighted by Gasteiger charge is -2.39. The number of amides is 1. The zero-order valence-electron chi connectivity index (χ0n) is 14.2. The second kappa shape index (κ2) is 7.49. The normalized spacial score (nSPS) is 16.8. The molecule has 3 rings (SSSR count). The predicted octanol–water partition coefficient (Wildman–Crippen LogP) is 2.52. The van der Waals surface area contributed by atoms with Crippen molar-refractivity contribution in [3.8, 4) is 0 Å². The minimum Gasteiger partial charge on any atom is -0.369 e. The molecule has 0 bridgehead atoms. The number of aromatic nitrogens is 1. The van der Waals surface area contributed by atoms with Gasteiger partial charge < -0.3 is 14.7 Å². The molecule has 1 aromatic heterocycles. The summed E-state index contributed by atoms with van der Waals surface area (Å²) in [5.74, 6) is 1.16. The van der Waals surface area contributed by atoms with Crippen molar-refractivity contribution in [1.29, 1.82) is 0 Å². The minimum absolute atomic E-state index is 0.0149. The van der Waals surface area contributed by atoms with Crippen LogP contribution in [0, 0.1) is 6.92 Å². The summed E-state index contributed by atoms with van der Waals surface area (Å²) in [4.78, 5) is 17.2. The number of piperazine rings is 1. The van der Waals surface area contributed by atoms with Crippen LogP contribution in [0.25, 0.3) is 0 Å². The molecular formula is C18H24N4O2. The van der Waals surface area contributed by atoms with Gasteiger partial charge in [0.05, 0.1) is 6.04 Å². The van der Waals surface area contributed by atoms with E-state index in [9.17, 15) is 4.79 Å². The Labute approximate surface area is 142 Å². The van der Waals surface area contributed by atoms with E-state index < -0.39 is 0 Å². The fourth-order valence-corrected chi connectivity index (χ4v) is 3.17. The zero-order valence-corrected chi connectivity index (χ0v) is 14.2. The number of aryl methyl sites for hydroxylation is 1. The summed E-state index contributed by atoms with van der Waals surface area (Å²) in [7, 11) is 0. The number of carbonyl (C=O) groups excluding carboxylic acids is 1. The highest BCUT2D eigenvalue weighted by atomic mass is 16.5. The fraction of sp³-hybridized carbons (Fsp3) is 0.444. The van der Waals surface area contributed by atoms with Crippen LogP contribution in [0.1, 0.15) is 19.1 Å². The summed E-state index contributed by atoms with van der Waals surface area (Å²) < 4.78 is 5.00. The highest BCUT2D eigenvalue weighted by Crippen LogP contribution is 2.18. The standard InChI is InChI=1S/C18H24N4O2/c1-3-16(18(23)19-17-13-14(2)24-20-17)22-11-9-21(10-12-22)15-7-5-4-6-8-15/h4-8,13,16H,3,9-12H2,1-2H3,(H,19,20,23)/t16-/m0/s1.